The number of carbonyl (C=O) groups excluding carboxylic acids is 1. The molecule has 0 atom stereocenters. The highest BCUT2D eigenvalue weighted by molar-refractivity contribution is 7.99. The number of imidazole rings is 1. The summed E-state index contributed by atoms with van der Waals surface area (Å²) in [6.45, 7) is 7.61. The van der Waals surface area contributed by atoms with E-state index in [1.807, 2.05) is 28.1 Å². The Labute approximate surface area is 181 Å². The van der Waals surface area contributed by atoms with Gasteiger partial charge in [0.2, 0.25) is 5.91 Å². The number of aromatic nitrogens is 3. The van der Waals surface area contributed by atoms with Crippen LogP contribution >= 0.6 is 11.8 Å². The zero-order valence-corrected chi connectivity index (χ0v) is 18.3. The Hall–Kier alpha value is -2.80. The Morgan fingerprint density at radius 2 is 1.73 bits per heavy atom. The second kappa shape index (κ2) is 9.34. The molecule has 3 aromatic rings. The molecule has 3 heterocycles. The maximum atomic E-state index is 12.7. The molecule has 2 aromatic heterocycles. The zero-order valence-electron chi connectivity index (χ0n) is 17.5. The van der Waals surface area contributed by atoms with Crippen LogP contribution in [0.4, 0.5) is 5.69 Å². The second-order valence-electron chi connectivity index (χ2n) is 7.74. The molecule has 1 saturated heterocycles. The molecular weight excluding hydrogens is 394 g/mol. The van der Waals surface area contributed by atoms with Crippen molar-refractivity contribution in [3.05, 3.63) is 66.7 Å². The number of hydrogen-bond donors (Lipinski definition) is 0. The van der Waals surface area contributed by atoms with Gasteiger partial charge in [-0.2, -0.15) is 0 Å². The average Bonchev–Trinajstić information content (AvgIpc) is 3.27. The van der Waals surface area contributed by atoms with Gasteiger partial charge in [-0.25, -0.2) is 9.97 Å². The first-order chi connectivity index (χ1) is 14.6. The van der Waals surface area contributed by atoms with Crippen molar-refractivity contribution in [2.75, 3.05) is 36.8 Å². The summed E-state index contributed by atoms with van der Waals surface area (Å²) >= 11 is 1.50. The summed E-state index contributed by atoms with van der Waals surface area (Å²) in [7, 11) is 0. The highest BCUT2D eigenvalue weighted by Crippen LogP contribution is 2.23. The van der Waals surface area contributed by atoms with Crippen molar-refractivity contribution in [3.63, 3.8) is 0 Å². The molecule has 1 aromatic carbocycles. The number of piperazine rings is 1. The van der Waals surface area contributed by atoms with E-state index in [2.05, 4.69) is 65.1 Å². The molecule has 7 heteroatoms. The van der Waals surface area contributed by atoms with Gasteiger partial charge in [-0.3, -0.25) is 9.36 Å². The van der Waals surface area contributed by atoms with E-state index in [1.54, 1.807) is 6.20 Å². The van der Waals surface area contributed by atoms with E-state index in [-0.39, 0.29) is 5.91 Å². The van der Waals surface area contributed by atoms with Gasteiger partial charge in [0.05, 0.1) is 5.75 Å². The molecule has 0 unspecified atom stereocenters. The maximum absolute atomic E-state index is 12.7. The van der Waals surface area contributed by atoms with Crippen molar-refractivity contribution in [1.82, 2.24) is 14.5 Å². The van der Waals surface area contributed by atoms with E-state index >= 15 is 0 Å². The first-order valence-corrected chi connectivity index (χ1v) is 11.4. The summed E-state index contributed by atoms with van der Waals surface area (Å²) in [6.07, 6.45) is 7.61. The van der Waals surface area contributed by atoms with Crippen LogP contribution in [0.25, 0.3) is 5.69 Å². The number of anilines is 1. The zero-order chi connectivity index (χ0) is 20.9. The smallest absolute Gasteiger partial charge is 0.233 e. The van der Waals surface area contributed by atoms with E-state index in [0.29, 0.717) is 11.7 Å². The molecule has 0 saturated carbocycles. The van der Waals surface area contributed by atoms with E-state index < -0.39 is 0 Å². The van der Waals surface area contributed by atoms with E-state index in [9.17, 15) is 4.79 Å². The highest BCUT2D eigenvalue weighted by Gasteiger charge is 2.22. The first kappa shape index (κ1) is 20.5. The van der Waals surface area contributed by atoms with Crippen LogP contribution in [0, 0.1) is 0 Å². The Kier molecular flexibility index (Phi) is 6.38. The van der Waals surface area contributed by atoms with E-state index in [4.69, 9.17) is 0 Å². The standard InChI is InChI=1S/C23H27N5OS/c1-18(2)19-3-5-21(6-4-19)28-12-11-25-23(28)30-17-22(29)27-15-13-26(14-16-27)20-7-9-24-10-8-20/h3-12,18H,13-17H2,1-2H3/p+1. The van der Waals surface area contributed by atoms with Gasteiger partial charge in [-0.05, 0) is 23.6 Å². The van der Waals surface area contributed by atoms with Gasteiger partial charge in [-0.15, -0.1) is 0 Å². The van der Waals surface area contributed by atoms with Crippen LogP contribution in [0.15, 0.2) is 66.3 Å². The number of hydrogen-bond acceptors (Lipinski definition) is 4. The number of aromatic amines is 1. The van der Waals surface area contributed by atoms with E-state index in [0.717, 1.165) is 37.0 Å². The lowest BCUT2D eigenvalue weighted by molar-refractivity contribution is -0.377. The van der Waals surface area contributed by atoms with E-state index in [1.165, 1.54) is 23.0 Å². The van der Waals surface area contributed by atoms with Crippen molar-refractivity contribution in [1.29, 1.82) is 0 Å². The second-order valence-corrected chi connectivity index (χ2v) is 8.68. The summed E-state index contributed by atoms with van der Waals surface area (Å²) in [4.78, 5) is 24.5. The number of amides is 1. The fourth-order valence-electron chi connectivity index (χ4n) is 3.63. The first-order valence-electron chi connectivity index (χ1n) is 10.4. The third-order valence-electron chi connectivity index (χ3n) is 5.47. The largest absolute Gasteiger partial charge is 0.368 e. The molecule has 0 aliphatic carbocycles. The quantitative estimate of drug-likeness (QED) is 0.572. The molecular formula is C23H28N5OS+. The van der Waals surface area contributed by atoms with Crippen molar-refractivity contribution < 1.29 is 9.78 Å². The summed E-state index contributed by atoms with van der Waals surface area (Å²) in [5.41, 5.74) is 3.58. The van der Waals surface area contributed by atoms with Crippen molar-refractivity contribution in [2.45, 2.75) is 24.9 Å². The lowest BCUT2D eigenvalue weighted by atomic mass is 10.0. The average molecular weight is 423 g/mol. The molecule has 1 amide bonds. The number of rotatable bonds is 6. The lowest BCUT2D eigenvalue weighted by Gasteiger charge is -2.35. The molecule has 1 fully saturated rings. The van der Waals surface area contributed by atoms with Crippen molar-refractivity contribution in [3.8, 4) is 5.69 Å². The van der Waals surface area contributed by atoms with Crippen molar-refractivity contribution >= 4 is 23.4 Å². The number of thioether (sulfide) groups is 1. The Bertz CT molecular complexity index is 963. The van der Waals surface area contributed by atoms with Gasteiger partial charge in [0.1, 0.15) is 0 Å². The van der Waals surface area contributed by atoms with Gasteiger partial charge in [0.15, 0.2) is 17.6 Å². The number of benzene rings is 1. The molecule has 1 N–H and O–H groups in total. The van der Waals surface area contributed by atoms with Crippen LogP contribution in [0.5, 0.6) is 0 Å². The van der Waals surface area contributed by atoms with Crippen molar-refractivity contribution in [2.24, 2.45) is 0 Å². The molecule has 0 radical (unpaired) electrons. The minimum absolute atomic E-state index is 0.172. The normalized spacial score (nSPS) is 14.4. The monoisotopic (exact) mass is 422 g/mol. The van der Waals surface area contributed by atoms with Crippen LogP contribution in [0.3, 0.4) is 0 Å². The minimum atomic E-state index is 0.172. The van der Waals surface area contributed by atoms with Gasteiger partial charge < -0.3 is 9.80 Å². The van der Waals surface area contributed by atoms with Gasteiger partial charge >= 0.3 is 0 Å². The summed E-state index contributed by atoms with van der Waals surface area (Å²) in [5, 5.41) is 0.847. The van der Waals surface area contributed by atoms with Gasteiger partial charge in [0.25, 0.3) is 0 Å². The number of nitrogens with one attached hydrogen (secondary N) is 1. The fraction of sp³-hybridized carbons (Fsp3) is 0.348. The summed E-state index contributed by atoms with van der Waals surface area (Å²) in [5.74, 6) is 1.08. The predicted molar refractivity (Wildman–Crippen MR) is 120 cm³/mol. The molecule has 30 heavy (non-hydrogen) atoms. The number of pyridine rings is 1. The van der Waals surface area contributed by atoms with Crippen LogP contribution in [0.1, 0.15) is 25.3 Å². The number of nitrogens with zero attached hydrogens (tertiary/aromatic N) is 4. The van der Waals surface area contributed by atoms with Gasteiger partial charge in [-0.1, -0.05) is 37.7 Å². The molecule has 4 rings (SSSR count). The molecule has 156 valence electrons. The molecule has 1 aliphatic rings. The number of carbonyl (C=O) groups is 1. The number of H-pyrrole nitrogens is 1. The Morgan fingerprint density at radius 3 is 2.40 bits per heavy atom. The highest BCUT2D eigenvalue weighted by atomic mass is 32.2. The summed E-state index contributed by atoms with van der Waals surface area (Å²) in [6, 6.07) is 12.7. The molecule has 6 nitrogen and oxygen atoms in total. The Morgan fingerprint density at radius 1 is 1.03 bits per heavy atom. The van der Waals surface area contributed by atoms with Gasteiger partial charge in [0, 0.05) is 62.1 Å². The fourth-order valence-corrected chi connectivity index (χ4v) is 4.51. The lowest BCUT2D eigenvalue weighted by Crippen LogP contribution is -2.49. The summed E-state index contributed by atoms with van der Waals surface area (Å²) < 4.78 is 2.05. The third-order valence-corrected chi connectivity index (χ3v) is 6.42. The Balaban J connectivity index is 1.32. The maximum Gasteiger partial charge on any atom is 0.233 e. The van der Waals surface area contributed by atoms with Crippen LogP contribution in [0.2, 0.25) is 0 Å². The minimum Gasteiger partial charge on any atom is -0.368 e. The topological polar surface area (TPSA) is 55.5 Å². The SMILES string of the molecule is CC(C)c1ccc(-n2ccnc2SCC(=O)N2CCN(c3cc[nH+]cc3)CC2)cc1. The molecule has 1 aliphatic heterocycles. The van der Waals surface area contributed by atoms with Crippen LogP contribution in [-0.4, -0.2) is 52.3 Å². The van der Waals surface area contributed by atoms with Crippen LogP contribution < -0.4 is 9.88 Å². The molecule has 0 bridgehead atoms. The van der Waals surface area contributed by atoms with Crippen LogP contribution in [-0.2, 0) is 4.79 Å². The predicted octanol–water partition coefficient (Wildman–Crippen LogP) is 3.25. The third kappa shape index (κ3) is 4.67. The molecule has 0 spiro atoms.